The van der Waals surface area contributed by atoms with Crippen molar-refractivity contribution in [1.82, 2.24) is 9.37 Å². The first-order chi connectivity index (χ1) is 12.4. The van der Waals surface area contributed by atoms with Gasteiger partial charge in [-0.15, -0.1) is 0 Å². The molecule has 0 aromatic heterocycles. The van der Waals surface area contributed by atoms with E-state index in [9.17, 15) is 8.42 Å². The molecular formula is C19H24N2O4S. The number of hydrogen-bond acceptors (Lipinski definition) is 5. The molecule has 0 spiro atoms. The van der Waals surface area contributed by atoms with Gasteiger partial charge in [0.2, 0.25) is 10.0 Å². The minimum absolute atomic E-state index is 0.134. The Morgan fingerprint density at radius 2 is 1.81 bits per heavy atom. The van der Waals surface area contributed by atoms with Gasteiger partial charge in [0, 0.05) is 20.6 Å². The highest BCUT2D eigenvalue weighted by atomic mass is 32.2. The minimum Gasteiger partial charge on any atom is -0.497 e. The third kappa shape index (κ3) is 3.76. The average Bonchev–Trinajstić information content (AvgIpc) is 3.05. The molecule has 3 rings (SSSR count). The molecule has 0 radical (unpaired) electrons. The molecule has 0 aliphatic carbocycles. The number of sulfonamides is 1. The van der Waals surface area contributed by atoms with Crippen LogP contribution in [0.4, 0.5) is 0 Å². The zero-order chi connectivity index (χ0) is 18.7. The summed E-state index contributed by atoms with van der Waals surface area (Å²) in [4.78, 5) is 5.57. The number of nitrogens with zero attached hydrogens (tertiary/aromatic N) is 2. The van der Waals surface area contributed by atoms with Gasteiger partial charge in [-0.2, -0.15) is 5.06 Å². The van der Waals surface area contributed by atoms with Crippen LogP contribution in [0.2, 0.25) is 0 Å². The van der Waals surface area contributed by atoms with Gasteiger partial charge in [0.1, 0.15) is 11.0 Å². The van der Waals surface area contributed by atoms with Crippen LogP contribution in [-0.4, -0.2) is 50.8 Å². The Bertz CT molecular complexity index is 824. The summed E-state index contributed by atoms with van der Waals surface area (Å²) in [5.41, 5.74) is 1.83. The van der Waals surface area contributed by atoms with Crippen molar-refractivity contribution in [1.29, 1.82) is 0 Å². The summed E-state index contributed by atoms with van der Waals surface area (Å²) in [7, 11) is 1.44. The van der Waals surface area contributed by atoms with Gasteiger partial charge >= 0.3 is 0 Å². The minimum atomic E-state index is -3.55. The molecule has 2 unspecified atom stereocenters. The fraction of sp³-hybridized carbons (Fsp3) is 0.368. The van der Waals surface area contributed by atoms with Gasteiger partial charge in [-0.25, -0.2) is 12.7 Å². The van der Waals surface area contributed by atoms with Crippen LogP contribution in [0.1, 0.15) is 17.2 Å². The normalized spacial score (nSPS) is 21.2. The van der Waals surface area contributed by atoms with E-state index in [0.29, 0.717) is 6.54 Å². The highest BCUT2D eigenvalue weighted by molar-refractivity contribution is 7.89. The smallest absolute Gasteiger partial charge is 0.221 e. The average molecular weight is 376 g/mol. The van der Waals surface area contributed by atoms with E-state index < -0.39 is 15.3 Å². The first kappa shape index (κ1) is 18.8. The number of hydrogen-bond donors (Lipinski definition) is 0. The quantitative estimate of drug-likeness (QED) is 0.775. The molecule has 1 fully saturated rings. The topological polar surface area (TPSA) is 59.1 Å². The molecule has 140 valence electrons. The van der Waals surface area contributed by atoms with E-state index in [1.807, 2.05) is 54.6 Å². The molecule has 0 amide bonds. The lowest BCUT2D eigenvalue weighted by atomic mass is 10.0. The Labute approximate surface area is 154 Å². The summed E-state index contributed by atoms with van der Waals surface area (Å²) in [6.45, 7) is 0.466. The van der Waals surface area contributed by atoms with E-state index in [1.165, 1.54) is 4.31 Å². The zero-order valence-electron chi connectivity index (χ0n) is 15.2. The molecular weight excluding hydrogens is 352 g/mol. The van der Waals surface area contributed by atoms with E-state index in [0.717, 1.165) is 16.9 Å². The summed E-state index contributed by atoms with van der Waals surface area (Å²) in [5, 5.41) is 0.954. The SMILES string of the molecule is COc1ccc(C2C(S(=O)(=O)N(C)Cc3ccccc3)CON2C)cc1. The Kier molecular flexibility index (Phi) is 5.62. The van der Waals surface area contributed by atoms with Crippen molar-refractivity contribution in [3.8, 4) is 5.75 Å². The van der Waals surface area contributed by atoms with Gasteiger partial charge in [-0.1, -0.05) is 42.5 Å². The van der Waals surface area contributed by atoms with Gasteiger partial charge in [-0.05, 0) is 23.3 Å². The molecule has 1 aliphatic heterocycles. The van der Waals surface area contributed by atoms with Crippen LogP contribution in [0.5, 0.6) is 5.75 Å². The standard InChI is InChI=1S/C19H24N2O4S/c1-20(13-15-7-5-4-6-8-15)26(22,23)18-14-25-21(2)19(18)16-9-11-17(24-3)12-10-16/h4-12,18-19H,13-14H2,1-3H3. The molecule has 0 saturated carbocycles. The summed E-state index contributed by atoms with van der Waals surface area (Å²) in [6, 6.07) is 16.6. The second-order valence-electron chi connectivity index (χ2n) is 6.38. The van der Waals surface area contributed by atoms with Gasteiger partial charge in [-0.3, -0.25) is 4.84 Å². The molecule has 0 bridgehead atoms. The molecule has 1 heterocycles. The van der Waals surface area contributed by atoms with Crippen LogP contribution in [0.25, 0.3) is 0 Å². The molecule has 2 aromatic carbocycles. The van der Waals surface area contributed by atoms with Gasteiger partial charge in [0.15, 0.2) is 0 Å². The summed E-state index contributed by atoms with van der Waals surface area (Å²) in [5.74, 6) is 0.732. The maximum absolute atomic E-state index is 13.2. The van der Waals surface area contributed by atoms with Crippen LogP contribution in [0.3, 0.4) is 0 Å². The maximum atomic E-state index is 13.2. The summed E-state index contributed by atoms with van der Waals surface area (Å²) < 4.78 is 33.0. The Morgan fingerprint density at radius 1 is 1.15 bits per heavy atom. The molecule has 0 N–H and O–H groups in total. The monoisotopic (exact) mass is 376 g/mol. The first-order valence-electron chi connectivity index (χ1n) is 8.42. The van der Waals surface area contributed by atoms with Crippen LogP contribution in [0.15, 0.2) is 54.6 Å². The number of methoxy groups -OCH3 is 1. The Balaban J connectivity index is 1.84. The predicted molar refractivity (Wildman–Crippen MR) is 100 cm³/mol. The van der Waals surface area contributed by atoms with Crippen molar-refractivity contribution < 1.29 is 18.0 Å². The number of benzene rings is 2. The van der Waals surface area contributed by atoms with Crippen molar-refractivity contribution in [3.05, 3.63) is 65.7 Å². The Morgan fingerprint density at radius 3 is 2.42 bits per heavy atom. The van der Waals surface area contributed by atoms with E-state index in [-0.39, 0.29) is 12.6 Å². The van der Waals surface area contributed by atoms with Crippen LogP contribution in [0, 0.1) is 0 Å². The second kappa shape index (κ2) is 7.75. The third-order valence-electron chi connectivity index (χ3n) is 4.71. The molecule has 1 aliphatic rings. The molecule has 6 nitrogen and oxygen atoms in total. The van der Waals surface area contributed by atoms with E-state index in [4.69, 9.17) is 9.57 Å². The van der Waals surface area contributed by atoms with Crippen LogP contribution >= 0.6 is 0 Å². The fourth-order valence-corrected chi connectivity index (χ4v) is 4.91. The van der Waals surface area contributed by atoms with Crippen molar-refractivity contribution in [2.24, 2.45) is 0 Å². The second-order valence-corrected chi connectivity index (χ2v) is 8.64. The lowest BCUT2D eigenvalue weighted by Crippen LogP contribution is -2.40. The number of ether oxygens (including phenoxy) is 1. The Hall–Kier alpha value is -1.93. The first-order valence-corrected chi connectivity index (χ1v) is 9.92. The van der Waals surface area contributed by atoms with E-state index in [1.54, 1.807) is 26.3 Å². The lowest BCUT2D eigenvalue weighted by molar-refractivity contribution is -0.110. The van der Waals surface area contributed by atoms with Gasteiger partial charge in [0.05, 0.1) is 19.8 Å². The fourth-order valence-electron chi connectivity index (χ4n) is 3.23. The van der Waals surface area contributed by atoms with Crippen molar-refractivity contribution in [2.75, 3.05) is 27.8 Å². The largest absolute Gasteiger partial charge is 0.497 e. The van der Waals surface area contributed by atoms with E-state index in [2.05, 4.69) is 0 Å². The number of hydroxylamine groups is 2. The lowest BCUT2D eigenvalue weighted by Gasteiger charge is -2.27. The molecule has 1 saturated heterocycles. The maximum Gasteiger partial charge on any atom is 0.221 e. The van der Waals surface area contributed by atoms with Gasteiger partial charge in [0.25, 0.3) is 0 Å². The van der Waals surface area contributed by atoms with Gasteiger partial charge < -0.3 is 4.74 Å². The third-order valence-corrected chi connectivity index (χ3v) is 6.87. The molecule has 7 heteroatoms. The van der Waals surface area contributed by atoms with E-state index >= 15 is 0 Å². The summed E-state index contributed by atoms with van der Waals surface area (Å²) in [6.07, 6.45) is 0. The molecule has 2 atom stereocenters. The summed E-state index contributed by atoms with van der Waals surface area (Å²) >= 11 is 0. The molecule has 26 heavy (non-hydrogen) atoms. The zero-order valence-corrected chi connectivity index (χ0v) is 16.0. The number of rotatable bonds is 6. The molecule has 2 aromatic rings. The highest BCUT2D eigenvalue weighted by Gasteiger charge is 2.44. The van der Waals surface area contributed by atoms with Crippen molar-refractivity contribution >= 4 is 10.0 Å². The highest BCUT2D eigenvalue weighted by Crippen LogP contribution is 2.35. The van der Waals surface area contributed by atoms with Crippen molar-refractivity contribution in [3.63, 3.8) is 0 Å². The van der Waals surface area contributed by atoms with Crippen LogP contribution < -0.4 is 4.74 Å². The van der Waals surface area contributed by atoms with Crippen molar-refractivity contribution in [2.45, 2.75) is 17.8 Å². The van der Waals surface area contributed by atoms with Crippen LogP contribution in [-0.2, 0) is 21.4 Å². The predicted octanol–water partition coefficient (Wildman–Crippen LogP) is 2.44.